The molecule has 0 spiro atoms. The third-order valence-electron chi connectivity index (χ3n) is 7.57. The maximum atomic E-state index is 14.0. The molecule has 0 aromatic heterocycles. The fourth-order valence-electron chi connectivity index (χ4n) is 5.76. The van der Waals surface area contributed by atoms with E-state index in [-0.39, 0.29) is 35.6 Å². The lowest BCUT2D eigenvalue weighted by atomic mass is 9.88. The van der Waals surface area contributed by atoms with Crippen LogP contribution in [0, 0.1) is 17.8 Å². The molecule has 1 saturated carbocycles. The highest BCUT2D eigenvalue weighted by Gasteiger charge is 2.50. The predicted molar refractivity (Wildman–Crippen MR) is 126 cm³/mol. The molecule has 1 aromatic rings. The van der Waals surface area contributed by atoms with Crippen molar-refractivity contribution in [3.05, 3.63) is 29.8 Å². The van der Waals surface area contributed by atoms with Crippen molar-refractivity contribution in [2.45, 2.75) is 63.8 Å². The van der Waals surface area contributed by atoms with E-state index in [1.807, 2.05) is 4.90 Å². The van der Waals surface area contributed by atoms with Crippen LogP contribution in [0.5, 0.6) is 5.75 Å². The predicted octanol–water partition coefficient (Wildman–Crippen LogP) is 2.44. The molecular weight excluding hydrogens is 450 g/mol. The van der Waals surface area contributed by atoms with Gasteiger partial charge in [-0.3, -0.25) is 9.59 Å². The second kappa shape index (κ2) is 9.00. The fraction of sp³-hybridized carbons (Fsp3) is 0.654. The van der Waals surface area contributed by atoms with E-state index >= 15 is 0 Å². The summed E-state index contributed by atoms with van der Waals surface area (Å²) < 4.78 is 11.4. The van der Waals surface area contributed by atoms with Crippen molar-refractivity contribution in [3.63, 3.8) is 0 Å². The van der Waals surface area contributed by atoms with Gasteiger partial charge in [0, 0.05) is 26.2 Å². The Morgan fingerprint density at radius 2 is 1.77 bits per heavy atom. The van der Waals surface area contributed by atoms with Crippen molar-refractivity contribution in [2.24, 2.45) is 17.8 Å². The maximum absolute atomic E-state index is 14.0. The van der Waals surface area contributed by atoms with Crippen LogP contribution in [0.4, 0.5) is 4.79 Å². The molecular formula is C26H35N3O6. The van der Waals surface area contributed by atoms with E-state index in [0.29, 0.717) is 43.4 Å². The number of phenols is 1. The summed E-state index contributed by atoms with van der Waals surface area (Å²) in [4.78, 5) is 43.7. The number of hydrogen-bond donors (Lipinski definition) is 2. The van der Waals surface area contributed by atoms with Crippen LogP contribution in [0.3, 0.4) is 0 Å². The average molecular weight is 486 g/mol. The number of nitrogens with zero attached hydrogens (tertiary/aromatic N) is 2. The Bertz CT molecular complexity index is 980. The standard InChI is InChI=1S/C26H35N3O6/c1-26(2,3)35-25(33)27-22(15-4-6-19(30)7-5-15)24(32)29-14-18(11-21-20(29)8-9-34-21)23(31)28-12-16-10-17(16)13-28/h4-7,16-18,20-22,30H,8-14H2,1-3H3,(H,27,33)/t16-,17+,18-,20+,21-,22-/m0/s1. The molecule has 3 amide bonds. The van der Waals surface area contributed by atoms with E-state index in [1.54, 1.807) is 37.8 Å². The second-order valence-electron chi connectivity index (χ2n) is 11.4. The summed E-state index contributed by atoms with van der Waals surface area (Å²) in [5.74, 6) is 0.834. The summed E-state index contributed by atoms with van der Waals surface area (Å²) in [6, 6.07) is 5.03. The van der Waals surface area contributed by atoms with Crippen LogP contribution in [-0.4, -0.2) is 76.8 Å². The number of phenolic OH excluding ortho intramolecular Hbond substituents is 1. The van der Waals surface area contributed by atoms with Crippen molar-refractivity contribution in [1.29, 1.82) is 0 Å². The van der Waals surface area contributed by atoms with Crippen molar-refractivity contribution < 1.29 is 29.0 Å². The Hall–Kier alpha value is -2.81. The zero-order valence-corrected chi connectivity index (χ0v) is 20.6. The number of carbonyl (C=O) groups excluding carboxylic acids is 3. The summed E-state index contributed by atoms with van der Waals surface area (Å²) in [6.07, 6.45) is 1.63. The fourth-order valence-corrected chi connectivity index (χ4v) is 5.76. The smallest absolute Gasteiger partial charge is 0.408 e. The molecule has 35 heavy (non-hydrogen) atoms. The number of likely N-dealkylation sites (tertiary alicyclic amines) is 2. The maximum Gasteiger partial charge on any atom is 0.408 e. The van der Waals surface area contributed by atoms with Gasteiger partial charge in [-0.05, 0) is 69.6 Å². The number of rotatable bonds is 4. The van der Waals surface area contributed by atoms with Crippen LogP contribution in [0.15, 0.2) is 24.3 Å². The first kappa shape index (κ1) is 23.9. The van der Waals surface area contributed by atoms with E-state index < -0.39 is 17.7 Å². The van der Waals surface area contributed by atoms with E-state index in [2.05, 4.69) is 5.32 Å². The first-order valence-electron chi connectivity index (χ1n) is 12.6. The topological polar surface area (TPSA) is 108 Å². The van der Waals surface area contributed by atoms with Gasteiger partial charge in [-0.1, -0.05) is 12.1 Å². The van der Waals surface area contributed by atoms with E-state index in [9.17, 15) is 19.5 Å². The average Bonchev–Trinajstić information content (AvgIpc) is 3.18. The highest BCUT2D eigenvalue weighted by Crippen LogP contribution is 2.46. The molecule has 4 fully saturated rings. The largest absolute Gasteiger partial charge is 0.508 e. The quantitative estimate of drug-likeness (QED) is 0.678. The zero-order chi connectivity index (χ0) is 24.9. The van der Waals surface area contributed by atoms with Crippen LogP contribution < -0.4 is 5.32 Å². The molecule has 3 saturated heterocycles. The number of hydrogen-bond acceptors (Lipinski definition) is 6. The van der Waals surface area contributed by atoms with E-state index in [4.69, 9.17) is 9.47 Å². The van der Waals surface area contributed by atoms with Gasteiger partial charge in [0.1, 0.15) is 17.4 Å². The van der Waals surface area contributed by atoms with Gasteiger partial charge in [-0.15, -0.1) is 0 Å². The minimum absolute atomic E-state index is 0.0637. The number of aromatic hydroxyl groups is 1. The summed E-state index contributed by atoms with van der Waals surface area (Å²) in [6.45, 7) is 7.75. The molecule has 0 radical (unpaired) electrons. The lowest BCUT2D eigenvalue weighted by Gasteiger charge is -2.42. The number of carbonyl (C=O) groups is 3. The summed E-state index contributed by atoms with van der Waals surface area (Å²) in [5.41, 5.74) is -0.196. The molecule has 0 unspecified atom stereocenters. The van der Waals surface area contributed by atoms with Gasteiger partial charge in [-0.2, -0.15) is 0 Å². The summed E-state index contributed by atoms with van der Waals surface area (Å²) in [5, 5.41) is 12.5. The molecule has 4 aliphatic rings. The van der Waals surface area contributed by atoms with Crippen LogP contribution >= 0.6 is 0 Å². The molecule has 0 bridgehead atoms. The number of nitrogens with one attached hydrogen (secondary N) is 1. The zero-order valence-electron chi connectivity index (χ0n) is 20.6. The van der Waals surface area contributed by atoms with Crippen LogP contribution in [0.25, 0.3) is 0 Å². The molecule has 6 atom stereocenters. The van der Waals surface area contributed by atoms with Crippen molar-refractivity contribution in [1.82, 2.24) is 15.1 Å². The van der Waals surface area contributed by atoms with Gasteiger partial charge >= 0.3 is 6.09 Å². The van der Waals surface area contributed by atoms with Gasteiger partial charge < -0.3 is 29.7 Å². The lowest BCUT2D eigenvalue weighted by Crippen LogP contribution is -2.57. The first-order chi connectivity index (χ1) is 16.6. The van der Waals surface area contributed by atoms with Crippen molar-refractivity contribution >= 4 is 17.9 Å². The Labute approximate surface area is 205 Å². The summed E-state index contributed by atoms with van der Waals surface area (Å²) >= 11 is 0. The Morgan fingerprint density at radius 1 is 1.09 bits per heavy atom. The van der Waals surface area contributed by atoms with Gasteiger partial charge in [0.2, 0.25) is 11.8 Å². The van der Waals surface area contributed by atoms with Crippen molar-refractivity contribution in [3.8, 4) is 5.75 Å². The van der Waals surface area contributed by atoms with E-state index in [0.717, 1.165) is 13.1 Å². The molecule has 5 rings (SSSR count). The number of ether oxygens (including phenoxy) is 2. The molecule has 190 valence electrons. The Kier molecular flexibility index (Phi) is 6.15. The van der Waals surface area contributed by atoms with Crippen molar-refractivity contribution in [2.75, 3.05) is 26.2 Å². The molecule has 1 aliphatic carbocycles. The number of alkyl carbamates (subject to hydrolysis) is 1. The minimum atomic E-state index is -1.01. The number of piperidine rings is 2. The minimum Gasteiger partial charge on any atom is -0.508 e. The molecule has 2 N–H and O–H groups in total. The molecule has 3 heterocycles. The third-order valence-corrected chi connectivity index (χ3v) is 7.57. The van der Waals surface area contributed by atoms with Gasteiger partial charge in [0.25, 0.3) is 0 Å². The molecule has 1 aromatic carbocycles. The monoisotopic (exact) mass is 485 g/mol. The van der Waals surface area contributed by atoms with Crippen LogP contribution in [-0.2, 0) is 19.1 Å². The SMILES string of the molecule is CC(C)(C)OC(=O)N[C@H](C(=O)N1C[C@@H](C(=O)N2C[C@H]3C[C@H]3C2)C[C@@H]2OCC[C@H]21)c1ccc(O)cc1. The second-order valence-corrected chi connectivity index (χ2v) is 11.4. The normalized spacial score (nSPS) is 30.3. The van der Waals surface area contributed by atoms with Crippen LogP contribution in [0.1, 0.15) is 51.6 Å². The van der Waals surface area contributed by atoms with Gasteiger partial charge in [-0.25, -0.2) is 4.79 Å². The molecule has 9 nitrogen and oxygen atoms in total. The number of fused-ring (bicyclic) bond motifs is 2. The number of benzene rings is 1. The molecule has 9 heteroatoms. The highest BCUT2D eigenvalue weighted by molar-refractivity contribution is 5.88. The lowest BCUT2D eigenvalue weighted by molar-refractivity contribution is -0.147. The van der Waals surface area contributed by atoms with Gasteiger partial charge in [0.05, 0.1) is 18.1 Å². The Balaban J connectivity index is 1.38. The third kappa shape index (κ3) is 5.10. The molecule has 3 aliphatic heterocycles. The Morgan fingerprint density at radius 3 is 2.43 bits per heavy atom. The van der Waals surface area contributed by atoms with E-state index in [1.165, 1.54) is 18.6 Å². The van der Waals surface area contributed by atoms with Gasteiger partial charge in [0.15, 0.2) is 0 Å². The highest BCUT2D eigenvalue weighted by atomic mass is 16.6. The van der Waals surface area contributed by atoms with Crippen LogP contribution in [0.2, 0.25) is 0 Å². The number of amides is 3. The summed E-state index contributed by atoms with van der Waals surface area (Å²) in [7, 11) is 0. The first-order valence-corrected chi connectivity index (χ1v) is 12.6.